The first-order valence-electron chi connectivity index (χ1n) is 5.13. The number of halogens is 1. The molecule has 3 nitrogen and oxygen atoms in total. The molecule has 0 spiro atoms. The van der Waals surface area contributed by atoms with Crippen LogP contribution in [0.15, 0.2) is 18.2 Å². The number of ether oxygens (including phenoxy) is 1. The molecule has 1 rings (SSSR count). The molecular formula is C12H16FNO2. The molecule has 0 aliphatic carbocycles. The summed E-state index contributed by atoms with van der Waals surface area (Å²) in [6.45, 7) is 3.47. The summed E-state index contributed by atoms with van der Waals surface area (Å²) in [6, 6.07) is 4.18. The number of hydrogen-bond donors (Lipinski definition) is 0. The number of esters is 1. The minimum Gasteiger partial charge on any atom is -0.465 e. The van der Waals surface area contributed by atoms with Gasteiger partial charge in [-0.05, 0) is 31.3 Å². The average Bonchev–Trinajstić information content (AvgIpc) is 2.30. The number of benzene rings is 1. The van der Waals surface area contributed by atoms with Crippen LogP contribution in [0.2, 0.25) is 0 Å². The Morgan fingerprint density at radius 1 is 1.50 bits per heavy atom. The van der Waals surface area contributed by atoms with Gasteiger partial charge in [0.1, 0.15) is 5.82 Å². The van der Waals surface area contributed by atoms with Crippen molar-refractivity contribution in [1.29, 1.82) is 0 Å². The van der Waals surface area contributed by atoms with E-state index in [1.165, 1.54) is 19.2 Å². The highest BCUT2D eigenvalue weighted by atomic mass is 19.1. The molecule has 0 unspecified atom stereocenters. The fraction of sp³-hybridized carbons (Fsp3) is 0.417. The molecule has 88 valence electrons. The van der Waals surface area contributed by atoms with Gasteiger partial charge in [-0.25, -0.2) is 9.18 Å². The Labute approximate surface area is 94.8 Å². The van der Waals surface area contributed by atoms with E-state index in [-0.39, 0.29) is 0 Å². The van der Waals surface area contributed by atoms with Gasteiger partial charge in [-0.1, -0.05) is 13.0 Å². The van der Waals surface area contributed by atoms with Crippen LogP contribution in [0.1, 0.15) is 22.8 Å². The summed E-state index contributed by atoms with van der Waals surface area (Å²) in [6.07, 6.45) is 0. The summed E-state index contributed by atoms with van der Waals surface area (Å²) in [4.78, 5) is 13.5. The fourth-order valence-electron chi connectivity index (χ4n) is 1.39. The van der Waals surface area contributed by atoms with Crippen molar-refractivity contribution in [3.8, 4) is 0 Å². The molecule has 0 heterocycles. The second-order valence-corrected chi connectivity index (χ2v) is 3.62. The van der Waals surface area contributed by atoms with E-state index in [1.54, 1.807) is 6.07 Å². The van der Waals surface area contributed by atoms with Crippen LogP contribution in [0.4, 0.5) is 4.39 Å². The maximum Gasteiger partial charge on any atom is 0.338 e. The maximum absolute atomic E-state index is 13.0. The molecule has 0 aliphatic heterocycles. The van der Waals surface area contributed by atoms with Crippen molar-refractivity contribution in [2.75, 3.05) is 20.7 Å². The van der Waals surface area contributed by atoms with Crippen molar-refractivity contribution in [2.45, 2.75) is 13.5 Å². The zero-order chi connectivity index (χ0) is 12.1. The lowest BCUT2D eigenvalue weighted by Crippen LogP contribution is -2.19. The molecule has 0 saturated carbocycles. The minimum absolute atomic E-state index is 0.294. The monoisotopic (exact) mass is 225 g/mol. The number of rotatable bonds is 4. The van der Waals surface area contributed by atoms with Crippen LogP contribution in [-0.2, 0) is 11.3 Å². The van der Waals surface area contributed by atoms with Gasteiger partial charge in [0, 0.05) is 6.54 Å². The number of nitrogens with zero attached hydrogens (tertiary/aromatic N) is 1. The average molecular weight is 225 g/mol. The quantitative estimate of drug-likeness (QED) is 0.735. The molecule has 0 fully saturated rings. The van der Waals surface area contributed by atoms with E-state index < -0.39 is 11.8 Å². The first-order valence-corrected chi connectivity index (χ1v) is 5.13. The van der Waals surface area contributed by atoms with E-state index >= 15 is 0 Å². The molecule has 0 radical (unpaired) electrons. The van der Waals surface area contributed by atoms with Crippen LogP contribution in [0.25, 0.3) is 0 Å². The van der Waals surface area contributed by atoms with Gasteiger partial charge in [0.2, 0.25) is 0 Å². The molecule has 0 N–H and O–H groups in total. The lowest BCUT2D eigenvalue weighted by Gasteiger charge is -2.16. The van der Waals surface area contributed by atoms with Crippen molar-refractivity contribution in [3.05, 3.63) is 35.1 Å². The predicted octanol–water partition coefficient (Wildman–Crippen LogP) is 2.06. The third-order valence-corrected chi connectivity index (χ3v) is 2.46. The van der Waals surface area contributed by atoms with E-state index in [1.807, 2.05) is 18.9 Å². The van der Waals surface area contributed by atoms with Gasteiger partial charge in [-0.15, -0.1) is 0 Å². The smallest absolute Gasteiger partial charge is 0.338 e. The first kappa shape index (κ1) is 12.6. The summed E-state index contributed by atoms with van der Waals surface area (Å²) in [5.74, 6) is -0.928. The van der Waals surface area contributed by atoms with Crippen LogP contribution in [0.5, 0.6) is 0 Å². The lowest BCUT2D eigenvalue weighted by molar-refractivity contribution is 0.0598. The maximum atomic E-state index is 13.0. The predicted molar refractivity (Wildman–Crippen MR) is 59.7 cm³/mol. The van der Waals surface area contributed by atoms with Gasteiger partial charge in [-0.3, -0.25) is 0 Å². The molecule has 0 saturated heterocycles. The molecule has 0 aliphatic rings. The third-order valence-electron chi connectivity index (χ3n) is 2.46. The highest BCUT2D eigenvalue weighted by molar-refractivity contribution is 5.91. The van der Waals surface area contributed by atoms with Gasteiger partial charge in [0.15, 0.2) is 0 Å². The fourth-order valence-corrected chi connectivity index (χ4v) is 1.39. The molecular weight excluding hydrogens is 209 g/mol. The van der Waals surface area contributed by atoms with E-state index in [2.05, 4.69) is 4.74 Å². The SMILES string of the molecule is CCN(C)Cc1ccc(F)cc1C(=O)OC. The molecule has 4 heteroatoms. The summed E-state index contributed by atoms with van der Waals surface area (Å²) in [5, 5.41) is 0. The van der Waals surface area contributed by atoms with Gasteiger partial charge >= 0.3 is 5.97 Å². The number of carbonyl (C=O) groups is 1. The van der Waals surface area contributed by atoms with Crippen molar-refractivity contribution < 1.29 is 13.9 Å². The zero-order valence-electron chi connectivity index (χ0n) is 9.79. The summed E-state index contributed by atoms with van der Waals surface area (Å²) in [5.41, 5.74) is 1.07. The van der Waals surface area contributed by atoms with Crippen LogP contribution >= 0.6 is 0 Å². The summed E-state index contributed by atoms with van der Waals surface area (Å²) < 4.78 is 17.7. The van der Waals surface area contributed by atoms with Gasteiger partial charge < -0.3 is 9.64 Å². The Balaban J connectivity index is 3.02. The Morgan fingerprint density at radius 3 is 2.75 bits per heavy atom. The molecule has 0 aromatic heterocycles. The molecule has 0 atom stereocenters. The Bertz CT molecular complexity index is 379. The van der Waals surface area contributed by atoms with Crippen molar-refractivity contribution in [1.82, 2.24) is 4.90 Å². The van der Waals surface area contributed by atoms with E-state index in [0.29, 0.717) is 12.1 Å². The molecule has 1 aromatic carbocycles. The van der Waals surface area contributed by atoms with Crippen LogP contribution in [0.3, 0.4) is 0 Å². The van der Waals surface area contributed by atoms with Gasteiger partial charge in [-0.2, -0.15) is 0 Å². The Hall–Kier alpha value is -1.42. The van der Waals surface area contributed by atoms with Crippen LogP contribution in [0, 0.1) is 5.82 Å². The van der Waals surface area contributed by atoms with E-state index in [9.17, 15) is 9.18 Å². The zero-order valence-corrected chi connectivity index (χ0v) is 9.79. The van der Waals surface area contributed by atoms with Crippen LogP contribution in [-0.4, -0.2) is 31.6 Å². The van der Waals surface area contributed by atoms with Crippen molar-refractivity contribution >= 4 is 5.97 Å². The highest BCUT2D eigenvalue weighted by Gasteiger charge is 2.13. The molecule has 0 amide bonds. The van der Waals surface area contributed by atoms with Gasteiger partial charge in [0.25, 0.3) is 0 Å². The summed E-state index contributed by atoms with van der Waals surface area (Å²) in [7, 11) is 3.23. The summed E-state index contributed by atoms with van der Waals surface area (Å²) >= 11 is 0. The van der Waals surface area contributed by atoms with E-state index in [0.717, 1.165) is 12.1 Å². The third kappa shape index (κ3) is 3.03. The standard InChI is InChI=1S/C12H16FNO2/c1-4-14(2)8-9-5-6-10(13)7-11(9)12(15)16-3/h5-7H,4,8H2,1-3H3. The highest BCUT2D eigenvalue weighted by Crippen LogP contribution is 2.14. The van der Waals surface area contributed by atoms with Crippen molar-refractivity contribution in [2.24, 2.45) is 0 Å². The second kappa shape index (κ2) is 5.61. The first-order chi connectivity index (χ1) is 7.58. The molecule has 1 aromatic rings. The second-order valence-electron chi connectivity index (χ2n) is 3.62. The number of hydrogen-bond acceptors (Lipinski definition) is 3. The largest absolute Gasteiger partial charge is 0.465 e. The topological polar surface area (TPSA) is 29.5 Å². The normalized spacial score (nSPS) is 10.6. The minimum atomic E-state index is -0.501. The molecule has 16 heavy (non-hydrogen) atoms. The Morgan fingerprint density at radius 2 is 2.19 bits per heavy atom. The lowest BCUT2D eigenvalue weighted by atomic mass is 10.1. The van der Waals surface area contributed by atoms with E-state index in [4.69, 9.17) is 0 Å². The number of methoxy groups -OCH3 is 1. The van der Waals surface area contributed by atoms with Crippen molar-refractivity contribution in [3.63, 3.8) is 0 Å². The van der Waals surface area contributed by atoms with Gasteiger partial charge in [0.05, 0.1) is 12.7 Å². The molecule has 0 bridgehead atoms. The number of carbonyl (C=O) groups excluding carboxylic acids is 1. The Kier molecular flexibility index (Phi) is 4.43. The van der Waals surface area contributed by atoms with Crippen LogP contribution < -0.4 is 0 Å².